The molecule has 2 rings (SSSR count). The standard InChI is InChI=1S/C12H22O2/c13-12(10-4-1-5-10)8-2-6-11-7-3-9-14-11/h10-13H,1-9H2. The molecule has 2 unspecified atom stereocenters. The lowest BCUT2D eigenvalue weighted by Gasteiger charge is -2.30. The fourth-order valence-corrected chi connectivity index (χ4v) is 2.49. The van der Waals surface area contributed by atoms with Crippen LogP contribution >= 0.6 is 0 Å². The van der Waals surface area contributed by atoms with Crippen LogP contribution in [0.15, 0.2) is 0 Å². The lowest BCUT2D eigenvalue weighted by atomic mass is 9.79. The van der Waals surface area contributed by atoms with Crippen molar-refractivity contribution in [2.24, 2.45) is 5.92 Å². The molecule has 0 bridgehead atoms. The van der Waals surface area contributed by atoms with E-state index >= 15 is 0 Å². The van der Waals surface area contributed by atoms with Gasteiger partial charge in [-0.1, -0.05) is 6.42 Å². The van der Waals surface area contributed by atoms with Crippen LogP contribution in [0.5, 0.6) is 0 Å². The third-order valence-corrected chi connectivity index (χ3v) is 3.74. The Morgan fingerprint density at radius 3 is 2.64 bits per heavy atom. The highest BCUT2D eigenvalue weighted by molar-refractivity contribution is 4.77. The van der Waals surface area contributed by atoms with Gasteiger partial charge >= 0.3 is 0 Å². The molecule has 82 valence electrons. The highest BCUT2D eigenvalue weighted by Gasteiger charge is 2.25. The number of aliphatic hydroxyl groups is 1. The van der Waals surface area contributed by atoms with Gasteiger partial charge in [0.2, 0.25) is 0 Å². The summed E-state index contributed by atoms with van der Waals surface area (Å²) in [6.07, 6.45) is 10.1. The first kappa shape index (κ1) is 10.4. The van der Waals surface area contributed by atoms with E-state index in [0.717, 1.165) is 25.9 Å². The van der Waals surface area contributed by atoms with E-state index in [4.69, 9.17) is 4.74 Å². The molecule has 0 aromatic carbocycles. The molecule has 1 aliphatic carbocycles. The summed E-state index contributed by atoms with van der Waals surface area (Å²) in [4.78, 5) is 0. The van der Waals surface area contributed by atoms with E-state index in [1.54, 1.807) is 0 Å². The van der Waals surface area contributed by atoms with Gasteiger partial charge in [-0.3, -0.25) is 0 Å². The van der Waals surface area contributed by atoms with E-state index in [1.165, 1.54) is 32.1 Å². The molecule has 0 spiro atoms. The van der Waals surface area contributed by atoms with Gasteiger partial charge in [-0.25, -0.2) is 0 Å². The Labute approximate surface area is 86.6 Å². The lowest BCUT2D eigenvalue weighted by molar-refractivity contribution is 0.0467. The Morgan fingerprint density at radius 1 is 1.21 bits per heavy atom. The molecule has 1 aliphatic heterocycles. The average Bonchev–Trinajstić information content (AvgIpc) is 2.53. The second kappa shape index (κ2) is 5.13. The van der Waals surface area contributed by atoms with Crippen molar-refractivity contribution in [3.8, 4) is 0 Å². The van der Waals surface area contributed by atoms with Gasteiger partial charge < -0.3 is 9.84 Å². The predicted molar refractivity (Wildman–Crippen MR) is 56.2 cm³/mol. The van der Waals surface area contributed by atoms with Crippen molar-refractivity contribution in [1.82, 2.24) is 0 Å². The summed E-state index contributed by atoms with van der Waals surface area (Å²) in [6.45, 7) is 0.954. The van der Waals surface area contributed by atoms with Crippen LogP contribution in [0.1, 0.15) is 51.4 Å². The quantitative estimate of drug-likeness (QED) is 0.735. The molecule has 2 nitrogen and oxygen atoms in total. The molecule has 1 heterocycles. The molecule has 2 aliphatic rings. The van der Waals surface area contributed by atoms with Crippen LogP contribution in [0.25, 0.3) is 0 Å². The molecule has 1 saturated carbocycles. The van der Waals surface area contributed by atoms with Gasteiger partial charge in [0.25, 0.3) is 0 Å². The van der Waals surface area contributed by atoms with E-state index in [-0.39, 0.29) is 6.10 Å². The minimum atomic E-state index is -0.0230. The van der Waals surface area contributed by atoms with Crippen molar-refractivity contribution >= 4 is 0 Å². The third kappa shape index (κ3) is 2.71. The summed E-state index contributed by atoms with van der Waals surface area (Å²) in [5, 5.41) is 9.80. The number of hydrogen-bond acceptors (Lipinski definition) is 2. The Morgan fingerprint density at radius 2 is 2.07 bits per heavy atom. The Kier molecular flexibility index (Phi) is 3.82. The molecule has 0 radical (unpaired) electrons. The van der Waals surface area contributed by atoms with Gasteiger partial charge in [-0.15, -0.1) is 0 Å². The van der Waals surface area contributed by atoms with Gasteiger partial charge in [0.15, 0.2) is 0 Å². The van der Waals surface area contributed by atoms with Crippen molar-refractivity contribution in [3.63, 3.8) is 0 Å². The largest absolute Gasteiger partial charge is 0.393 e. The SMILES string of the molecule is OC(CCCC1CCCO1)C1CCC1. The second-order valence-corrected chi connectivity index (χ2v) is 4.82. The zero-order valence-corrected chi connectivity index (χ0v) is 8.95. The maximum atomic E-state index is 9.80. The first-order valence-corrected chi connectivity index (χ1v) is 6.16. The van der Waals surface area contributed by atoms with Crippen LogP contribution in [-0.2, 0) is 4.74 Å². The van der Waals surface area contributed by atoms with Crippen LogP contribution in [0, 0.1) is 5.92 Å². The number of ether oxygens (including phenoxy) is 1. The third-order valence-electron chi connectivity index (χ3n) is 3.74. The Hall–Kier alpha value is -0.0800. The second-order valence-electron chi connectivity index (χ2n) is 4.82. The topological polar surface area (TPSA) is 29.5 Å². The van der Waals surface area contributed by atoms with Gasteiger partial charge in [0.05, 0.1) is 12.2 Å². The molecular formula is C12H22O2. The van der Waals surface area contributed by atoms with Crippen molar-refractivity contribution in [3.05, 3.63) is 0 Å². The molecule has 1 N–H and O–H groups in total. The number of rotatable bonds is 5. The summed E-state index contributed by atoms with van der Waals surface area (Å²) in [6, 6.07) is 0. The summed E-state index contributed by atoms with van der Waals surface area (Å²) in [5.74, 6) is 0.625. The van der Waals surface area contributed by atoms with Crippen molar-refractivity contribution in [1.29, 1.82) is 0 Å². The fraction of sp³-hybridized carbons (Fsp3) is 1.00. The molecule has 14 heavy (non-hydrogen) atoms. The smallest absolute Gasteiger partial charge is 0.0576 e. The van der Waals surface area contributed by atoms with E-state index in [9.17, 15) is 5.11 Å². The highest BCUT2D eigenvalue weighted by atomic mass is 16.5. The normalized spacial score (nSPS) is 30.2. The van der Waals surface area contributed by atoms with Gasteiger partial charge in [0.1, 0.15) is 0 Å². The minimum Gasteiger partial charge on any atom is -0.393 e. The Balaban J connectivity index is 1.52. The average molecular weight is 198 g/mol. The van der Waals surface area contributed by atoms with Crippen molar-refractivity contribution < 1.29 is 9.84 Å². The molecule has 2 heteroatoms. The monoisotopic (exact) mass is 198 g/mol. The summed E-state index contributed by atoms with van der Waals surface area (Å²) in [7, 11) is 0. The van der Waals surface area contributed by atoms with Crippen LogP contribution < -0.4 is 0 Å². The predicted octanol–water partition coefficient (Wildman–Crippen LogP) is 2.50. The molecule has 0 aromatic heterocycles. The van der Waals surface area contributed by atoms with Crippen molar-refractivity contribution in [2.45, 2.75) is 63.6 Å². The highest BCUT2D eigenvalue weighted by Crippen LogP contribution is 2.31. The van der Waals surface area contributed by atoms with Gasteiger partial charge in [-0.05, 0) is 50.9 Å². The van der Waals surface area contributed by atoms with Crippen molar-refractivity contribution in [2.75, 3.05) is 6.61 Å². The maximum absolute atomic E-state index is 9.80. The molecule has 2 fully saturated rings. The Bertz CT molecular complexity index is 160. The van der Waals surface area contributed by atoms with E-state index in [1.807, 2.05) is 0 Å². The summed E-state index contributed by atoms with van der Waals surface area (Å²) < 4.78 is 5.55. The van der Waals surface area contributed by atoms with Crippen LogP contribution in [0.4, 0.5) is 0 Å². The zero-order valence-electron chi connectivity index (χ0n) is 8.95. The first-order valence-electron chi connectivity index (χ1n) is 6.16. The molecule has 0 amide bonds. The molecule has 1 saturated heterocycles. The maximum Gasteiger partial charge on any atom is 0.0576 e. The van der Waals surface area contributed by atoms with E-state index < -0.39 is 0 Å². The van der Waals surface area contributed by atoms with Gasteiger partial charge in [0, 0.05) is 6.61 Å². The lowest BCUT2D eigenvalue weighted by Crippen LogP contribution is -2.26. The number of aliphatic hydroxyl groups excluding tert-OH is 1. The van der Waals surface area contributed by atoms with E-state index in [0.29, 0.717) is 12.0 Å². The molecule has 2 atom stereocenters. The zero-order chi connectivity index (χ0) is 9.80. The molecule has 0 aromatic rings. The summed E-state index contributed by atoms with van der Waals surface area (Å²) in [5.41, 5.74) is 0. The van der Waals surface area contributed by atoms with Crippen LogP contribution in [-0.4, -0.2) is 23.9 Å². The number of hydrogen-bond donors (Lipinski definition) is 1. The van der Waals surface area contributed by atoms with E-state index in [2.05, 4.69) is 0 Å². The summed E-state index contributed by atoms with van der Waals surface area (Å²) >= 11 is 0. The van der Waals surface area contributed by atoms with Crippen LogP contribution in [0.3, 0.4) is 0 Å². The first-order chi connectivity index (χ1) is 6.86. The fourth-order valence-electron chi connectivity index (χ4n) is 2.49. The van der Waals surface area contributed by atoms with Crippen LogP contribution in [0.2, 0.25) is 0 Å². The minimum absolute atomic E-state index is 0.0230. The molecular weight excluding hydrogens is 176 g/mol. The van der Waals surface area contributed by atoms with Gasteiger partial charge in [-0.2, -0.15) is 0 Å².